The monoisotopic (exact) mass is 858 g/mol. The number of piperidine rings is 2. The fourth-order valence-corrected chi connectivity index (χ4v) is 9.46. The molecule has 1 atom stereocenters. The lowest BCUT2D eigenvalue weighted by Crippen LogP contribution is -2.54. The lowest BCUT2D eigenvalue weighted by atomic mass is 9.86. The standard InChI is InChI=1S/C44H44F2N12O5/c45-32-20-30-31(44(63)58(43(30)62)34-8-9-37(59)53-42(34)61)21-35(32)56-12-10-25(11-13-56)22-54-14-16-55(17-15-54)28-6-4-26(5-7-28)50-39-38-40(48-23-47-39)57(24-49-38)29-18-27(19-29)51-41(60)33-2-1-3-36(46)52-33/h1-7,20-21,23-25,27,29,34H,8-19,22H2,(H,51,60)(H,47,48,50)(H,53,59,61). The van der Waals surface area contributed by atoms with E-state index in [1.807, 2.05) is 21.6 Å². The van der Waals surface area contributed by atoms with Crippen LogP contribution in [0.25, 0.3) is 11.2 Å². The van der Waals surface area contributed by atoms with Gasteiger partial charge in [-0.3, -0.25) is 39.1 Å². The molecule has 10 rings (SSSR count). The number of rotatable bonds is 10. The largest absolute Gasteiger partial charge is 0.369 e. The molecule has 4 aliphatic heterocycles. The number of carbonyl (C=O) groups excluding carboxylic acids is 5. The van der Waals surface area contributed by atoms with Gasteiger partial charge in [-0.15, -0.1) is 0 Å². The molecule has 63 heavy (non-hydrogen) atoms. The molecule has 2 aromatic carbocycles. The summed E-state index contributed by atoms with van der Waals surface area (Å²) in [7, 11) is 0. The smallest absolute Gasteiger partial charge is 0.270 e. The summed E-state index contributed by atoms with van der Waals surface area (Å²) in [5, 5.41) is 8.50. The zero-order valence-electron chi connectivity index (χ0n) is 34.2. The molecule has 5 amide bonds. The Hall–Kier alpha value is -6.89. The van der Waals surface area contributed by atoms with Gasteiger partial charge in [0.2, 0.25) is 17.8 Å². The van der Waals surface area contributed by atoms with Crippen LogP contribution in [0.5, 0.6) is 0 Å². The summed E-state index contributed by atoms with van der Waals surface area (Å²) in [4.78, 5) is 88.0. The maximum atomic E-state index is 15.5. The van der Waals surface area contributed by atoms with Crippen LogP contribution in [0.3, 0.4) is 0 Å². The van der Waals surface area contributed by atoms with Gasteiger partial charge in [-0.05, 0) is 86.6 Å². The van der Waals surface area contributed by atoms with Gasteiger partial charge < -0.3 is 25.0 Å². The number of amides is 5. The summed E-state index contributed by atoms with van der Waals surface area (Å²) in [5.41, 5.74) is 3.68. The molecule has 0 bridgehead atoms. The summed E-state index contributed by atoms with van der Waals surface area (Å²) in [6.45, 7) is 5.77. The zero-order valence-corrected chi connectivity index (χ0v) is 34.2. The van der Waals surface area contributed by atoms with E-state index in [1.54, 1.807) is 6.33 Å². The number of nitrogens with zero attached hydrogens (tertiary/aromatic N) is 9. The van der Waals surface area contributed by atoms with Crippen molar-refractivity contribution in [3.05, 3.63) is 95.8 Å². The first kappa shape index (κ1) is 40.2. The Bertz CT molecular complexity index is 2640. The Morgan fingerprint density at radius 1 is 0.825 bits per heavy atom. The fourth-order valence-electron chi connectivity index (χ4n) is 9.46. The first-order valence-corrected chi connectivity index (χ1v) is 21.3. The van der Waals surface area contributed by atoms with Gasteiger partial charge in [-0.25, -0.2) is 24.3 Å². The molecule has 5 aliphatic rings. The first-order valence-electron chi connectivity index (χ1n) is 21.3. The van der Waals surface area contributed by atoms with Crippen molar-refractivity contribution in [2.75, 3.05) is 60.9 Å². The minimum absolute atomic E-state index is 0.0165. The van der Waals surface area contributed by atoms with Crippen molar-refractivity contribution in [3.8, 4) is 0 Å². The van der Waals surface area contributed by atoms with Crippen LogP contribution in [-0.4, -0.2) is 122 Å². The highest BCUT2D eigenvalue weighted by atomic mass is 19.1. The van der Waals surface area contributed by atoms with Crippen molar-refractivity contribution >= 4 is 63.6 Å². The van der Waals surface area contributed by atoms with Crippen LogP contribution in [0.4, 0.5) is 31.7 Å². The number of carbonyl (C=O) groups is 5. The summed E-state index contributed by atoms with van der Waals surface area (Å²) in [6.07, 6.45) is 6.40. The highest BCUT2D eigenvalue weighted by molar-refractivity contribution is 6.23. The average molecular weight is 859 g/mol. The van der Waals surface area contributed by atoms with E-state index in [1.165, 1.54) is 30.6 Å². The molecule has 1 saturated carbocycles. The van der Waals surface area contributed by atoms with E-state index in [-0.39, 0.29) is 47.4 Å². The maximum absolute atomic E-state index is 15.5. The Morgan fingerprint density at radius 3 is 2.30 bits per heavy atom. The molecular weight excluding hydrogens is 815 g/mol. The van der Waals surface area contributed by atoms with Crippen LogP contribution < -0.4 is 25.8 Å². The molecule has 0 spiro atoms. The molecule has 1 unspecified atom stereocenters. The SMILES string of the molecule is O=C1CCC(N2C(=O)c3cc(F)c(N4CCC(CN5CCN(c6ccc(Nc7ncnc8c7ncn8C7CC(NC(=O)c8cccc(F)n8)C7)cc6)CC5)CC4)cc3C2=O)C(=O)N1. The number of anilines is 4. The van der Waals surface area contributed by atoms with Gasteiger partial charge in [0.05, 0.1) is 23.1 Å². The van der Waals surface area contributed by atoms with Crippen LogP contribution in [0.15, 0.2) is 67.3 Å². The van der Waals surface area contributed by atoms with E-state index in [0.29, 0.717) is 48.8 Å². The molecule has 1 aliphatic carbocycles. The van der Waals surface area contributed by atoms with Gasteiger partial charge >= 0.3 is 0 Å². The molecule has 5 aromatic rings. The summed E-state index contributed by atoms with van der Waals surface area (Å²) in [6, 6.07) is 13.9. The number of hydrogen-bond donors (Lipinski definition) is 3. The first-order chi connectivity index (χ1) is 30.6. The molecule has 324 valence electrons. The van der Waals surface area contributed by atoms with Crippen LogP contribution >= 0.6 is 0 Å². The predicted molar refractivity (Wildman–Crippen MR) is 225 cm³/mol. The van der Waals surface area contributed by atoms with Crippen molar-refractivity contribution in [1.29, 1.82) is 0 Å². The van der Waals surface area contributed by atoms with E-state index < -0.39 is 47.3 Å². The number of imidazole rings is 1. The Balaban J connectivity index is 0.687. The van der Waals surface area contributed by atoms with E-state index in [2.05, 4.69) is 57.8 Å². The Labute approximate surface area is 359 Å². The number of aromatic nitrogens is 5. The second-order valence-corrected chi connectivity index (χ2v) is 16.9. The lowest BCUT2D eigenvalue weighted by Gasteiger charge is -2.40. The number of nitrogens with one attached hydrogen (secondary N) is 3. The number of benzene rings is 2. The summed E-state index contributed by atoms with van der Waals surface area (Å²) in [5.74, 6) is -3.16. The van der Waals surface area contributed by atoms with Crippen molar-refractivity contribution in [2.24, 2.45) is 5.92 Å². The van der Waals surface area contributed by atoms with Crippen LogP contribution in [-0.2, 0) is 9.59 Å². The third-order valence-corrected chi connectivity index (χ3v) is 13.0. The minimum atomic E-state index is -1.10. The number of fused-ring (bicyclic) bond motifs is 2. The van der Waals surface area contributed by atoms with Crippen molar-refractivity contribution in [2.45, 2.75) is 56.7 Å². The number of hydrogen-bond acceptors (Lipinski definition) is 13. The van der Waals surface area contributed by atoms with Crippen molar-refractivity contribution < 1.29 is 32.8 Å². The van der Waals surface area contributed by atoms with Crippen LogP contribution in [0.2, 0.25) is 0 Å². The third-order valence-electron chi connectivity index (χ3n) is 13.0. The van der Waals surface area contributed by atoms with Crippen molar-refractivity contribution in [1.82, 2.24) is 44.9 Å². The highest BCUT2D eigenvalue weighted by Gasteiger charge is 2.45. The Kier molecular flexibility index (Phi) is 10.5. The zero-order chi connectivity index (χ0) is 43.4. The van der Waals surface area contributed by atoms with E-state index in [4.69, 9.17) is 0 Å². The minimum Gasteiger partial charge on any atom is -0.369 e. The molecule has 0 radical (unpaired) electrons. The molecule has 3 saturated heterocycles. The maximum Gasteiger partial charge on any atom is 0.270 e. The second kappa shape index (κ2) is 16.4. The highest BCUT2D eigenvalue weighted by Crippen LogP contribution is 2.37. The van der Waals surface area contributed by atoms with Gasteiger partial charge in [0, 0.05) is 75.7 Å². The normalized spacial score (nSPS) is 22.0. The van der Waals surface area contributed by atoms with Gasteiger partial charge in [-0.1, -0.05) is 6.07 Å². The molecule has 7 heterocycles. The molecule has 19 heteroatoms. The van der Waals surface area contributed by atoms with Crippen molar-refractivity contribution in [3.63, 3.8) is 0 Å². The van der Waals surface area contributed by atoms with Crippen LogP contribution in [0, 0.1) is 17.7 Å². The van der Waals surface area contributed by atoms with Gasteiger partial charge in [0.1, 0.15) is 23.9 Å². The third kappa shape index (κ3) is 7.81. The number of piperazine rings is 1. The summed E-state index contributed by atoms with van der Waals surface area (Å²) < 4.78 is 31.0. The fraction of sp³-hybridized carbons (Fsp3) is 0.386. The molecule has 3 aromatic heterocycles. The number of halogens is 2. The lowest BCUT2D eigenvalue weighted by molar-refractivity contribution is -0.136. The predicted octanol–water partition coefficient (Wildman–Crippen LogP) is 3.82. The van der Waals surface area contributed by atoms with Gasteiger partial charge in [0.25, 0.3) is 17.7 Å². The average Bonchev–Trinajstić information content (AvgIpc) is 3.80. The topological polar surface area (TPSA) is 191 Å². The van der Waals surface area contributed by atoms with Gasteiger partial charge in [-0.2, -0.15) is 4.39 Å². The molecule has 3 N–H and O–H groups in total. The quantitative estimate of drug-likeness (QED) is 0.136. The van der Waals surface area contributed by atoms with E-state index in [0.717, 1.165) is 67.9 Å². The van der Waals surface area contributed by atoms with Crippen LogP contribution in [0.1, 0.15) is 75.8 Å². The summed E-state index contributed by atoms with van der Waals surface area (Å²) >= 11 is 0. The number of imide groups is 2. The second-order valence-electron chi connectivity index (χ2n) is 16.9. The molecule has 4 fully saturated rings. The molecular formula is C44H44F2N12O5. The van der Waals surface area contributed by atoms with Gasteiger partial charge in [0.15, 0.2) is 17.0 Å². The Morgan fingerprint density at radius 2 is 1.57 bits per heavy atom. The number of pyridine rings is 1. The molecule has 17 nitrogen and oxygen atoms in total. The van der Waals surface area contributed by atoms with E-state index >= 15 is 4.39 Å². The van der Waals surface area contributed by atoms with E-state index in [9.17, 15) is 28.4 Å².